The summed E-state index contributed by atoms with van der Waals surface area (Å²) in [5.41, 5.74) is 5.23. The lowest BCUT2D eigenvalue weighted by Gasteiger charge is -2.34. The Morgan fingerprint density at radius 1 is 1.00 bits per heavy atom. The third-order valence-electron chi connectivity index (χ3n) is 6.62. The van der Waals surface area contributed by atoms with Gasteiger partial charge in [0, 0.05) is 57.2 Å². The van der Waals surface area contributed by atoms with Crippen LogP contribution in [0.4, 0.5) is 16.3 Å². The first kappa shape index (κ1) is 25.7. The van der Waals surface area contributed by atoms with Crippen molar-refractivity contribution in [3.63, 3.8) is 0 Å². The lowest BCUT2D eigenvalue weighted by Crippen LogP contribution is -2.44. The number of ether oxygens (including phenoxy) is 1. The summed E-state index contributed by atoms with van der Waals surface area (Å²) >= 11 is 0. The number of hydrogen-bond acceptors (Lipinski definition) is 8. The number of carbonyl (C=O) groups is 1. The average Bonchev–Trinajstić information content (AvgIpc) is 3.38. The quantitative estimate of drug-likeness (QED) is 0.381. The molecule has 1 aliphatic heterocycles. The molecule has 2 aromatic carbocycles. The summed E-state index contributed by atoms with van der Waals surface area (Å²) in [6.07, 6.45) is 4.62. The Balaban J connectivity index is 1.29. The first-order valence-corrected chi connectivity index (χ1v) is 12.9. The highest BCUT2D eigenvalue weighted by atomic mass is 16.6. The molecule has 198 valence electrons. The first-order valence-electron chi connectivity index (χ1n) is 12.9. The van der Waals surface area contributed by atoms with E-state index in [0.717, 1.165) is 60.7 Å². The lowest BCUT2D eigenvalue weighted by molar-refractivity contribution is 0.0514. The number of likely N-dealkylation sites (N-methyl/N-ethyl adjacent to an activating group) is 1. The van der Waals surface area contributed by atoms with Gasteiger partial charge >= 0.3 is 6.09 Å². The maximum atomic E-state index is 12.3. The van der Waals surface area contributed by atoms with Crippen LogP contribution in [-0.4, -0.2) is 76.6 Å². The number of carbonyl (C=O) groups excluding carboxylic acids is 1. The van der Waals surface area contributed by atoms with Crippen LogP contribution in [-0.2, 0) is 11.3 Å². The average molecular weight is 514 g/mol. The van der Waals surface area contributed by atoms with Crippen LogP contribution in [0, 0.1) is 0 Å². The summed E-state index contributed by atoms with van der Waals surface area (Å²) in [4.78, 5) is 28.8. The van der Waals surface area contributed by atoms with E-state index in [-0.39, 0.29) is 0 Å². The molecule has 9 heteroatoms. The molecule has 1 aliphatic rings. The molecule has 38 heavy (non-hydrogen) atoms. The second-order valence-electron chi connectivity index (χ2n) is 10.9. The number of benzene rings is 2. The van der Waals surface area contributed by atoms with Crippen molar-refractivity contribution in [1.29, 1.82) is 0 Å². The highest BCUT2D eigenvalue weighted by molar-refractivity contribution is 5.82. The number of hydrogen-bond donors (Lipinski definition) is 0. The fourth-order valence-corrected chi connectivity index (χ4v) is 4.52. The molecule has 3 heterocycles. The smallest absolute Gasteiger partial charge is 0.435 e. The monoisotopic (exact) mass is 513 g/mol. The second kappa shape index (κ2) is 10.4. The van der Waals surface area contributed by atoms with E-state index in [1.165, 1.54) is 15.9 Å². The molecular weight excluding hydrogens is 478 g/mol. The standard InChI is InChI=1S/C29H35N7O2/c1-29(2,3)38-28(37)36-20-23(17-31-36)22-9-10-25-26(16-22)30-18-27(32-25)34(5)19-21-7-6-8-24(15-21)35-13-11-33(4)12-14-35/h6-10,15-18,20H,11-14,19H2,1-5H3. The van der Waals surface area contributed by atoms with E-state index in [1.807, 2.05) is 46.0 Å². The zero-order valence-electron chi connectivity index (χ0n) is 22.8. The fourth-order valence-electron chi connectivity index (χ4n) is 4.52. The Hall–Kier alpha value is -3.98. The van der Waals surface area contributed by atoms with Gasteiger partial charge in [-0.2, -0.15) is 9.78 Å². The van der Waals surface area contributed by atoms with Crippen molar-refractivity contribution in [2.45, 2.75) is 32.9 Å². The van der Waals surface area contributed by atoms with Gasteiger partial charge in [0.2, 0.25) is 0 Å². The molecule has 4 aromatic rings. The molecule has 0 bridgehead atoms. The van der Waals surface area contributed by atoms with Crippen LogP contribution in [0.25, 0.3) is 22.2 Å². The van der Waals surface area contributed by atoms with Gasteiger partial charge in [0.1, 0.15) is 11.4 Å². The SMILES string of the molecule is CN1CCN(c2cccc(CN(C)c3cnc4cc(-c5cnn(C(=O)OC(C)(C)C)c5)ccc4n3)c2)CC1. The van der Waals surface area contributed by atoms with Crippen LogP contribution >= 0.6 is 0 Å². The third-order valence-corrected chi connectivity index (χ3v) is 6.62. The second-order valence-corrected chi connectivity index (χ2v) is 10.9. The Morgan fingerprint density at radius 3 is 2.55 bits per heavy atom. The van der Waals surface area contributed by atoms with Gasteiger partial charge in [-0.05, 0) is 63.2 Å². The highest BCUT2D eigenvalue weighted by Crippen LogP contribution is 2.25. The summed E-state index contributed by atoms with van der Waals surface area (Å²) < 4.78 is 6.61. The van der Waals surface area contributed by atoms with Gasteiger partial charge in [-0.3, -0.25) is 4.98 Å². The minimum Gasteiger partial charge on any atom is -0.442 e. The zero-order chi connectivity index (χ0) is 26.9. The molecule has 0 saturated carbocycles. The summed E-state index contributed by atoms with van der Waals surface area (Å²) in [7, 11) is 4.21. The maximum Gasteiger partial charge on any atom is 0.435 e. The number of fused-ring (bicyclic) bond motifs is 1. The van der Waals surface area contributed by atoms with E-state index in [2.05, 4.69) is 56.1 Å². The minimum atomic E-state index is -0.583. The number of aromatic nitrogens is 4. The van der Waals surface area contributed by atoms with Crippen molar-refractivity contribution in [3.05, 3.63) is 66.6 Å². The van der Waals surface area contributed by atoms with Crippen LogP contribution in [0.2, 0.25) is 0 Å². The van der Waals surface area contributed by atoms with E-state index < -0.39 is 11.7 Å². The van der Waals surface area contributed by atoms with Gasteiger partial charge in [0.25, 0.3) is 0 Å². The predicted molar refractivity (Wildman–Crippen MR) is 151 cm³/mol. The van der Waals surface area contributed by atoms with E-state index in [4.69, 9.17) is 9.72 Å². The van der Waals surface area contributed by atoms with Crippen molar-refractivity contribution in [3.8, 4) is 11.1 Å². The van der Waals surface area contributed by atoms with Crippen molar-refractivity contribution in [2.24, 2.45) is 0 Å². The van der Waals surface area contributed by atoms with E-state index in [0.29, 0.717) is 0 Å². The molecule has 1 saturated heterocycles. The van der Waals surface area contributed by atoms with Crippen LogP contribution in [0.5, 0.6) is 0 Å². The highest BCUT2D eigenvalue weighted by Gasteiger charge is 2.19. The van der Waals surface area contributed by atoms with Crippen LogP contribution < -0.4 is 9.80 Å². The number of nitrogens with zero attached hydrogens (tertiary/aromatic N) is 7. The summed E-state index contributed by atoms with van der Waals surface area (Å²) in [5.74, 6) is 0.813. The fraction of sp³-hybridized carbons (Fsp3) is 0.379. The van der Waals surface area contributed by atoms with Gasteiger partial charge in [-0.15, -0.1) is 0 Å². The first-order chi connectivity index (χ1) is 18.1. The van der Waals surface area contributed by atoms with Crippen molar-refractivity contribution in [1.82, 2.24) is 24.6 Å². The Kier molecular flexibility index (Phi) is 7.03. The largest absolute Gasteiger partial charge is 0.442 e. The van der Waals surface area contributed by atoms with Crippen LogP contribution in [0.1, 0.15) is 26.3 Å². The molecule has 0 atom stereocenters. The molecule has 1 fully saturated rings. The lowest BCUT2D eigenvalue weighted by atomic mass is 10.1. The molecule has 0 spiro atoms. The van der Waals surface area contributed by atoms with Gasteiger partial charge in [-0.25, -0.2) is 9.78 Å². The number of anilines is 2. The van der Waals surface area contributed by atoms with Crippen LogP contribution in [0.3, 0.4) is 0 Å². The molecule has 0 aliphatic carbocycles. The molecule has 0 amide bonds. The van der Waals surface area contributed by atoms with Gasteiger partial charge < -0.3 is 19.4 Å². The predicted octanol–water partition coefficient (Wildman–Crippen LogP) is 4.66. The molecule has 9 nitrogen and oxygen atoms in total. The number of piperazine rings is 1. The van der Waals surface area contributed by atoms with Gasteiger partial charge in [-0.1, -0.05) is 18.2 Å². The van der Waals surface area contributed by atoms with Crippen molar-refractivity contribution >= 4 is 28.6 Å². The molecule has 0 unspecified atom stereocenters. The molecular formula is C29H35N7O2. The van der Waals surface area contributed by atoms with E-state index >= 15 is 0 Å². The summed E-state index contributed by atoms with van der Waals surface area (Å²) in [6.45, 7) is 10.5. The molecule has 5 rings (SSSR count). The molecule has 0 radical (unpaired) electrons. The Labute approximate surface area is 223 Å². The van der Waals surface area contributed by atoms with E-state index in [9.17, 15) is 4.79 Å². The van der Waals surface area contributed by atoms with Gasteiger partial charge in [0.15, 0.2) is 0 Å². The Morgan fingerprint density at radius 2 is 1.79 bits per heavy atom. The molecule has 0 N–H and O–H groups in total. The maximum absolute atomic E-state index is 12.3. The Bertz CT molecular complexity index is 1430. The zero-order valence-corrected chi connectivity index (χ0v) is 22.8. The third kappa shape index (κ3) is 5.94. The van der Waals surface area contributed by atoms with Gasteiger partial charge in [0.05, 0.1) is 23.4 Å². The summed E-state index contributed by atoms with van der Waals surface area (Å²) in [6, 6.07) is 14.6. The summed E-state index contributed by atoms with van der Waals surface area (Å²) in [5, 5.41) is 4.17. The minimum absolute atomic E-state index is 0.508. The van der Waals surface area contributed by atoms with Crippen molar-refractivity contribution < 1.29 is 9.53 Å². The van der Waals surface area contributed by atoms with Crippen LogP contribution in [0.15, 0.2) is 61.1 Å². The normalized spacial score (nSPS) is 14.6. The van der Waals surface area contributed by atoms with E-state index in [1.54, 1.807) is 18.6 Å². The topological polar surface area (TPSA) is 79.6 Å². The van der Waals surface area contributed by atoms with Crippen molar-refractivity contribution in [2.75, 3.05) is 50.1 Å². The molecule has 2 aromatic heterocycles. The number of rotatable bonds is 5.